The molecule has 0 aromatic carbocycles. The molecule has 0 saturated heterocycles. The number of carboxylic acid groups (broad SMARTS) is 1. The van der Waals surface area contributed by atoms with Crippen LogP contribution in [0.15, 0.2) is 12.4 Å². The second kappa shape index (κ2) is 4.44. The highest BCUT2D eigenvalue weighted by molar-refractivity contribution is 5.85. The molecule has 1 aromatic rings. The number of aromatic carboxylic acids is 1. The summed E-state index contributed by atoms with van der Waals surface area (Å²) >= 11 is 0. The van der Waals surface area contributed by atoms with Crippen molar-refractivity contribution in [3.8, 4) is 0 Å². The van der Waals surface area contributed by atoms with Gasteiger partial charge in [-0.15, -0.1) is 0 Å². The second-order valence-corrected chi connectivity index (χ2v) is 4.24. The van der Waals surface area contributed by atoms with Crippen LogP contribution in [0, 0.1) is 0 Å². The number of hydrogen-bond acceptors (Lipinski definition) is 5. The molecule has 0 aliphatic rings. The fourth-order valence-corrected chi connectivity index (χ4v) is 1.30. The number of rotatable bonds is 4. The molecular weight excluding hydrogens is 210 g/mol. The Labute approximate surface area is 93.6 Å². The van der Waals surface area contributed by atoms with Crippen LogP contribution in [-0.2, 0) is 0 Å². The third kappa shape index (κ3) is 3.47. The first-order valence-electron chi connectivity index (χ1n) is 4.78. The molecule has 0 fully saturated rings. The summed E-state index contributed by atoms with van der Waals surface area (Å²) in [5, 5.41) is 18.4. The third-order valence-corrected chi connectivity index (χ3v) is 1.86. The van der Waals surface area contributed by atoms with E-state index in [1.165, 1.54) is 12.4 Å². The van der Waals surface area contributed by atoms with Crippen LogP contribution in [0.2, 0.25) is 0 Å². The molecule has 1 rings (SSSR count). The van der Waals surface area contributed by atoms with E-state index in [-0.39, 0.29) is 5.69 Å². The molecule has 0 atom stereocenters. The van der Waals surface area contributed by atoms with Gasteiger partial charge in [-0.2, -0.15) is 0 Å². The lowest BCUT2D eigenvalue weighted by molar-refractivity contribution is 0.0690. The third-order valence-electron chi connectivity index (χ3n) is 1.86. The molecule has 1 heterocycles. The Morgan fingerprint density at radius 1 is 1.50 bits per heavy atom. The average Bonchev–Trinajstić information content (AvgIpc) is 2.15. The van der Waals surface area contributed by atoms with Crippen molar-refractivity contribution in [2.24, 2.45) is 0 Å². The minimum Gasteiger partial charge on any atom is -0.476 e. The molecule has 6 nitrogen and oxygen atoms in total. The lowest BCUT2D eigenvalue weighted by Crippen LogP contribution is -2.36. The quantitative estimate of drug-likeness (QED) is 0.770. The van der Waals surface area contributed by atoms with E-state index in [4.69, 9.17) is 5.11 Å². The molecule has 88 valence electrons. The van der Waals surface area contributed by atoms with Crippen molar-refractivity contribution in [3.05, 3.63) is 18.1 Å². The second-order valence-electron chi connectivity index (χ2n) is 4.24. The number of carboxylic acids is 1. The van der Waals surface area contributed by atoms with E-state index in [2.05, 4.69) is 9.97 Å². The zero-order chi connectivity index (χ0) is 12.3. The molecule has 0 bridgehead atoms. The summed E-state index contributed by atoms with van der Waals surface area (Å²) in [6.07, 6.45) is 2.64. The van der Waals surface area contributed by atoms with Gasteiger partial charge in [-0.05, 0) is 13.8 Å². The topological polar surface area (TPSA) is 86.5 Å². The van der Waals surface area contributed by atoms with Crippen LogP contribution in [0.4, 0.5) is 5.82 Å². The predicted octanol–water partition coefficient (Wildman–Crippen LogP) is 0.382. The maximum absolute atomic E-state index is 10.7. The standard InChI is InChI=1S/C10H15N3O3/c1-10(2,16)6-13(3)8-5-11-4-7(12-8)9(14)15/h4-5,16H,6H2,1-3H3,(H,14,15). The number of hydrogen-bond donors (Lipinski definition) is 2. The van der Waals surface area contributed by atoms with Crippen LogP contribution in [0.1, 0.15) is 24.3 Å². The minimum atomic E-state index is -1.12. The van der Waals surface area contributed by atoms with Gasteiger partial charge < -0.3 is 15.1 Å². The van der Waals surface area contributed by atoms with Crippen molar-refractivity contribution < 1.29 is 15.0 Å². The van der Waals surface area contributed by atoms with Gasteiger partial charge in [0.2, 0.25) is 0 Å². The van der Waals surface area contributed by atoms with Crippen molar-refractivity contribution in [3.63, 3.8) is 0 Å². The summed E-state index contributed by atoms with van der Waals surface area (Å²) in [6.45, 7) is 3.67. The molecule has 6 heteroatoms. The fourth-order valence-electron chi connectivity index (χ4n) is 1.30. The van der Waals surface area contributed by atoms with Gasteiger partial charge in [0.05, 0.1) is 18.0 Å². The van der Waals surface area contributed by atoms with Crippen LogP contribution in [-0.4, -0.2) is 45.3 Å². The van der Waals surface area contributed by atoms with Gasteiger partial charge in [0.25, 0.3) is 0 Å². The highest BCUT2D eigenvalue weighted by Crippen LogP contribution is 2.11. The van der Waals surface area contributed by atoms with Gasteiger partial charge in [0, 0.05) is 13.6 Å². The number of nitrogens with zero attached hydrogens (tertiary/aromatic N) is 3. The Morgan fingerprint density at radius 3 is 2.62 bits per heavy atom. The molecule has 0 unspecified atom stereocenters. The van der Waals surface area contributed by atoms with Crippen LogP contribution in [0.3, 0.4) is 0 Å². The summed E-state index contributed by atoms with van der Waals surface area (Å²) in [7, 11) is 1.72. The molecule has 0 aliphatic carbocycles. The molecule has 0 spiro atoms. The first-order chi connectivity index (χ1) is 7.29. The van der Waals surface area contributed by atoms with E-state index in [1.54, 1.807) is 25.8 Å². The Balaban J connectivity index is 2.87. The van der Waals surface area contributed by atoms with Crippen molar-refractivity contribution in [1.29, 1.82) is 0 Å². The Morgan fingerprint density at radius 2 is 2.12 bits per heavy atom. The number of aromatic nitrogens is 2. The van der Waals surface area contributed by atoms with E-state index in [0.717, 1.165) is 0 Å². The van der Waals surface area contributed by atoms with Crippen LogP contribution < -0.4 is 4.90 Å². The Bertz CT molecular complexity index is 387. The molecule has 1 aromatic heterocycles. The average molecular weight is 225 g/mol. The monoisotopic (exact) mass is 225 g/mol. The highest BCUT2D eigenvalue weighted by Gasteiger charge is 2.17. The Kier molecular flexibility index (Phi) is 3.44. The molecule has 2 N–H and O–H groups in total. The largest absolute Gasteiger partial charge is 0.476 e. The lowest BCUT2D eigenvalue weighted by Gasteiger charge is -2.26. The van der Waals surface area contributed by atoms with Gasteiger partial charge in [0.15, 0.2) is 5.69 Å². The minimum absolute atomic E-state index is 0.111. The number of carbonyl (C=O) groups is 1. The zero-order valence-corrected chi connectivity index (χ0v) is 9.51. The molecule has 0 saturated carbocycles. The molecule has 0 aliphatic heterocycles. The normalized spacial score (nSPS) is 11.2. The van der Waals surface area contributed by atoms with E-state index in [9.17, 15) is 9.90 Å². The summed E-state index contributed by atoms with van der Waals surface area (Å²) in [6, 6.07) is 0. The summed E-state index contributed by atoms with van der Waals surface area (Å²) in [5.74, 6) is -0.701. The molecular formula is C10H15N3O3. The van der Waals surface area contributed by atoms with E-state index < -0.39 is 11.6 Å². The maximum atomic E-state index is 10.7. The van der Waals surface area contributed by atoms with E-state index >= 15 is 0 Å². The lowest BCUT2D eigenvalue weighted by atomic mass is 10.1. The van der Waals surface area contributed by atoms with Crippen LogP contribution in [0.5, 0.6) is 0 Å². The Hall–Kier alpha value is -1.69. The first-order valence-corrected chi connectivity index (χ1v) is 4.78. The maximum Gasteiger partial charge on any atom is 0.356 e. The zero-order valence-electron chi connectivity index (χ0n) is 9.51. The van der Waals surface area contributed by atoms with Gasteiger partial charge in [-0.1, -0.05) is 0 Å². The number of aliphatic hydroxyl groups is 1. The van der Waals surface area contributed by atoms with Crippen molar-refractivity contribution in [2.45, 2.75) is 19.4 Å². The van der Waals surface area contributed by atoms with Crippen LogP contribution >= 0.6 is 0 Å². The summed E-state index contributed by atoms with van der Waals surface area (Å²) in [4.78, 5) is 20.0. The van der Waals surface area contributed by atoms with Gasteiger partial charge in [0.1, 0.15) is 5.82 Å². The van der Waals surface area contributed by atoms with Gasteiger partial charge >= 0.3 is 5.97 Å². The molecule has 0 amide bonds. The van der Waals surface area contributed by atoms with Gasteiger partial charge in [-0.3, -0.25) is 4.98 Å². The first kappa shape index (κ1) is 12.4. The smallest absolute Gasteiger partial charge is 0.356 e. The van der Waals surface area contributed by atoms with E-state index in [0.29, 0.717) is 12.4 Å². The van der Waals surface area contributed by atoms with Crippen LogP contribution in [0.25, 0.3) is 0 Å². The number of likely N-dealkylation sites (N-methyl/N-ethyl adjacent to an activating group) is 1. The van der Waals surface area contributed by atoms with E-state index in [1.807, 2.05) is 0 Å². The highest BCUT2D eigenvalue weighted by atomic mass is 16.4. The predicted molar refractivity (Wildman–Crippen MR) is 58.6 cm³/mol. The van der Waals surface area contributed by atoms with Crippen molar-refractivity contribution in [2.75, 3.05) is 18.5 Å². The van der Waals surface area contributed by atoms with Crippen molar-refractivity contribution in [1.82, 2.24) is 9.97 Å². The molecule has 16 heavy (non-hydrogen) atoms. The fraction of sp³-hybridized carbons (Fsp3) is 0.500. The molecule has 0 radical (unpaired) electrons. The van der Waals surface area contributed by atoms with Gasteiger partial charge in [-0.25, -0.2) is 9.78 Å². The summed E-state index contributed by atoms with van der Waals surface area (Å²) < 4.78 is 0. The SMILES string of the molecule is CN(CC(C)(C)O)c1cncc(C(=O)O)n1. The number of anilines is 1. The summed E-state index contributed by atoms with van der Waals surface area (Å²) in [5.41, 5.74) is -0.990. The van der Waals surface area contributed by atoms with Crippen molar-refractivity contribution >= 4 is 11.8 Å².